The molecule has 5 nitrogen and oxygen atoms in total. The van der Waals surface area contributed by atoms with Crippen LogP contribution in [0.3, 0.4) is 0 Å². The molecule has 2 aromatic rings. The molecular formula is C23H29NO4S. The molecule has 1 aliphatic heterocycles. The molecule has 0 saturated carbocycles. The van der Waals surface area contributed by atoms with Crippen molar-refractivity contribution in [2.75, 3.05) is 31.2 Å². The summed E-state index contributed by atoms with van der Waals surface area (Å²) in [5.41, 5.74) is 2.41. The molecule has 29 heavy (non-hydrogen) atoms. The molecule has 3 rings (SSSR count). The predicted octanol–water partition coefficient (Wildman–Crippen LogP) is 2.89. The summed E-state index contributed by atoms with van der Waals surface area (Å²) >= 11 is 0. The molecule has 0 aromatic heterocycles. The first-order valence-electron chi connectivity index (χ1n) is 10.2. The maximum atomic E-state index is 12.2. The fraction of sp³-hybridized carbons (Fsp3) is 0.435. The van der Waals surface area contributed by atoms with Crippen molar-refractivity contribution in [3.63, 3.8) is 0 Å². The molecule has 0 N–H and O–H groups in total. The van der Waals surface area contributed by atoms with Crippen LogP contribution in [0.1, 0.15) is 24.0 Å². The fourth-order valence-corrected chi connectivity index (χ4v) is 4.70. The van der Waals surface area contributed by atoms with Crippen molar-refractivity contribution in [3.05, 3.63) is 71.8 Å². The number of sulfone groups is 1. The number of benzene rings is 2. The number of nitrogens with zero attached hydrogens (tertiary/aromatic N) is 1. The molecule has 0 aliphatic carbocycles. The van der Waals surface area contributed by atoms with Gasteiger partial charge in [0.1, 0.15) is 5.75 Å². The first-order chi connectivity index (χ1) is 14.0. The minimum atomic E-state index is -3.37. The lowest BCUT2D eigenvalue weighted by molar-refractivity contribution is -0.142. The second kappa shape index (κ2) is 10.6. The van der Waals surface area contributed by atoms with E-state index in [4.69, 9.17) is 4.74 Å². The van der Waals surface area contributed by atoms with E-state index in [-0.39, 0.29) is 17.8 Å². The van der Waals surface area contributed by atoms with Gasteiger partial charge in [-0.2, -0.15) is 0 Å². The molecule has 1 amide bonds. The van der Waals surface area contributed by atoms with Crippen molar-refractivity contribution in [3.8, 4) is 0 Å². The van der Waals surface area contributed by atoms with Gasteiger partial charge in [-0.3, -0.25) is 4.79 Å². The molecule has 0 atom stereocenters. The summed E-state index contributed by atoms with van der Waals surface area (Å²) in [5.74, 6) is -0.669. The van der Waals surface area contributed by atoms with Gasteiger partial charge in [-0.25, -0.2) is 8.42 Å². The average molecular weight is 416 g/mol. The van der Waals surface area contributed by atoms with Crippen LogP contribution in [0.15, 0.2) is 60.7 Å². The highest BCUT2D eigenvalue weighted by molar-refractivity contribution is 7.92. The number of aryl methyl sites for hydroxylation is 2. The zero-order valence-electron chi connectivity index (χ0n) is 16.7. The Balaban J connectivity index is 1.28. The van der Waals surface area contributed by atoms with Crippen molar-refractivity contribution in [1.29, 1.82) is 0 Å². The molecule has 6 heteroatoms. The number of carbonyl (C=O) groups excluding carboxylic acids is 1. The standard InChI is InChI=1S/C23H29NO4S/c25-23(19-29(26,27)16-8-14-21-11-5-2-6-12-21)24-17-22(18-24)28-15-7-13-20-9-3-1-4-10-20/h1-6,9-12,22H,7-8,13-19H2. The maximum absolute atomic E-state index is 12.2. The molecular weight excluding hydrogens is 386 g/mol. The van der Waals surface area contributed by atoms with E-state index in [1.165, 1.54) is 5.56 Å². The monoisotopic (exact) mass is 415 g/mol. The van der Waals surface area contributed by atoms with E-state index in [1.54, 1.807) is 4.90 Å². The molecule has 1 fully saturated rings. The summed E-state index contributed by atoms with van der Waals surface area (Å²) in [4.78, 5) is 13.8. The van der Waals surface area contributed by atoms with Gasteiger partial charge in [-0.15, -0.1) is 0 Å². The van der Waals surface area contributed by atoms with Crippen LogP contribution in [0.4, 0.5) is 0 Å². The highest BCUT2D eigenvalue weighted by Gasteiger charge is 2.33. The van der Waals surface area contributed by atoms with Gasteiger partial charge in [0.2, 0.25) is 5.91 Å². The third-order valence-electron chi connectivity index (χ3n) is 5.11. The molecule has 0 unspecified atom stereocenters. The van der Waals surface area contributed by atoms with E-state index < -0.39 is 15.6 Å². The highest BCUT2D eigenvalue weighted by atomic mass is 32.2. The minimum absolute atomic E-state index is 0.0236. The maximum Gasteiger partial charge on any atom is 0.237 e. The lowest BCUT2D eigenvalue weighted by atomic mass is 10.1. The SMILES string of the molecule is O=C(CS(=O)(=O)CCCc1ccccc1)N1CC(OCCCc2ccccc2)C1. The van der Waals surface area contributed by atoms with Gasteiger partial charge >= 0.3 is 0 Å². The molecule has 1 saturated heterocycles. The summed E-state index contributed by atoms with van der Waals surface area (Å²) in [5, 5.41) is 0. The van der Waals surface area contributed by atoms with Gasteiger partial charge in [0, 0.05) is 19.7 Å². The topological polar surface area (TPSA) is 63.7 Å². The van der Waals surface area contributed by atoms with Gasteiger partial charge < -0.3 is 9.64 Å². The van der Waals surface area contributed by atoms with Gasteiger partial charge in [0.25, 0.3) is 0 Å². The largest absolute Gasteiger partial charge is 0.375 e. The first-order valence-corrected chi connectivity index (χ1v) is 12.0. The molecule has 0 bridgehead atoms. The molecule has 2 aromatic carbocycles. The van der Waals surface area contributed by atoms with Crippen molar-refractivity contribution < 1.29 is 17.9 Å². The third kappa shape index (κ3) is 7.29. The Labute approximate surface area is 173 Å². The van der Waals surface area contributed by atoms with Gasteiger partial charge in [0.05, 0.1) is 11.9 Å². The Morgan fingerprint density at radius 1 is 0.897 bits per heavy atom. The Bertz CT molecular complexity index is 862. The van der Waals surface area contributed by atoms with E-state index in [0.717, 1.165) is 18.4 Å². The van der Waals surface area contributed by atoms with E-state index in [0.29, 0.717) is 32.5 Å². The van der Waals surface area contributed by atoms with Crippen LogP contribution in [0.25, 0.3) is 0 Å². The Hall–Kier alpha value is -2.18. The van der Waals surface area contributed by atoms with Gasteiger partial charge in [-0.1, -0.05) is 60.7 Å². The van der Waals surface area contributed by atoms with E-state index in [2.05, 4.69) is 12.1 Å². The number of likely N-dealkylation sites (tertiary alicyclic amines) is 1. The van der Waals surface area contributed by atoms with E-state index in [1.807, 2.05) is 48.5 Å². The van der Waals surface area contributed by atoms with Crippen molar-refractivity contribution in [2.45, 2.75) is 31.8 Å². The summed E-state index contributed by atoms with van der Waals surface area (Å²) in [6.45, 7) is 1.63. The number of hydrogen-bond acceptors (Lipinski definition) is 4. The number of hydrogen-bond donors (Lipinski definition) is 0. The number of carbonyl (C=O) groups is 1. The zero-order chi connectivity index (χ0) is 20.5. The van der Waals surface area contributed by atoms with E-state index in [9.17, 15) is 13.2 Å². The molecule has 1 heterocycles. The van der Waals surface area contributed by atoms with Crippen LogP contribution in [-0.2, 0) is 32.2 Å². The summed E-state index contributed by atoms with van der Waals surface area (Å²) in [6.07, 6.45) is 3.17. The summed E-state index contributed by atoms with van der Waals surface area (Å²) in [7, 11) is -3.37. The van der Waals surface area contributed by atoms with Gasteiger partial charge in [0.15, 0.2) is 9.84 Å². The van der Waals surface area contributed by atoms with Crippen LogP contribution in [0.5, 0.6) is 0 Å². The van der Waals surface area contributed by atoms with Crippen LogP contribution in [-0.4, -0.2) is 56.5 Å². The molecule has 0 spiro atoms. The van der Waals surface area contributed by atoms with Crippen molar-refractivity contribution in [2.24, 2.45) is 0 Å². The molecule has 1 aliphatic rings. The van der Waals surface area contributed by atoms with Crippen molar-refractivity contribution in [1.82, 2.24) is 4.90 Å². The van der Waals surface area contributed by atoms with Gasteiger partial charge in [-0.05, 0) is 36.8 Å². The van der Waals surface area contributed by atoms with Crippen LogP contribution in [0, 0.1) is 0 Å². The van der Waals surface area contributed by atoms with E-state index >= 15 is 0 Å². The second-order valence-corrected chi connectivity index (χ2v) is 9.75. The van der Waals surface area contributed by atoms with Crippen LogP contribution >= 0.6 is 0 Å². The first kappa shape index (κ1) is 21.5. The number of ether oxygens (including phenoxy) is 1. The number of rotatable bonds is 11. The lowest BCUT2D eigenvalue weighted by Gasteiger charge is -2.38. The average Bonchev–Trinajstić information content (AvgIpc) is 2.67. The summed E-state index contributed by atoms with van der Waals surface area (Å²) < 4.78 is 30.2. The Kier molecular flexibility index (Phi) is 7.83. The van der Waals surface area contributed by atoms with Crippen LogP contribution < -0.4 is 0 Å². The Morgan fingerprint density at radius 2 is 1.45 bits per heavy atom. The lowest BCUT2D eigenvalue weighted by Crippen LogP contribution is -2.56. The second-order valence-electron chi connectivity index (χ2n) is 7.56. The Morgan fingerprint density at radius 3 is 2.03 bits per heavy atom. The summed E-state index contributed by atoms with van der Waals surface area (Å²) in [6, 6.07) is 20.1. The third-order valence-corrected chi connectivity index (χ3v) is 6.71. The predicted molar refractivity (Wildman–Crippen MR) is 114 cm³/mol. The normalized spacial score (nSPS) is 14.6. The number of amides is 1. The quantitative estimate of drug-likeness (QED) is 0.530. The minimum Gasteiger partial charge on any atom is -0.375 e. The smallest absolute Gasteiger partial charge is 0.237 e. The van der Waals surface area contributed by atoms with Crippen LogP contribution in [0.2, 0.25) is 0 Å². The highest BCUT2D eigenvalue weighted by Crippen LogP contribution is 2.14. The van der Waals surface area contributed by atoms with Crippen molar-refractivity contribution >= 4 is 15.7 Å². The zero-order valence-corrected chi connectivity index (χ0v) is 17.5. The fourth-order valence-electron chi connectivity index (χ4n) is 3.41. The molecule has 0 radical (unpaired) electrons. The molecule has 156 valence electrons.